The monoisotopic (exact) mass is 394 g/mol. The Morgan fingerprint density at radius 1 is 1.32 bits per heavy atom. The van der Waals surface area contributed by atoms with Crippen molar-refractivity contribution in [3.8, 4) is 0 Å². The highest BCUT2D eigenvalue weighted by molar-refractivity contribution is 5.90. The Balaban J connectivity index is 1.81. The highest BCUT2D eigenvalue weighted by Gasteiger charge is 2.87. The third-order valence-electron chi connectivity index (χ3n) is 6.99. The summed E-state index contributed by atoms with van der Waals surface area (Å²) in [5.41, 5.74) is -2.78. The number of aliphatic hydroxyl groups excluding tert-OH is 2. The molecule has 8 atom stereocenters. The molecule has 4 rings (SSSR count). The Hall–Kier alpha value is -1.74. The van der Waals surface area contributed by atoms with E-state index in [9.17, 15) is 24.9 Å². The molecular formula is C20H26O8. The summed E-state index contributed by atoms with van der Waals surface area (Å²) in [6, 6.07) is 0. The molecule has 0 aromatic carbocycles. The maximum absolute atomic E-state index is 12.4. The van der Waals surface area contributed by atoms with Gasteiger partial charge in [-0.05, 0) is 45.8 Å². The minimum absolute atomic E-state index is 0.122. The molecule has 1 spiro atoms. The van der Waals surface area contributed by atoms with Gasteiger partial charge in [-0.15, -0.1) is 0 Å². The first-order chi connectivity index (χ1) is 12.9. The Bertz CT molecular complexity index is 826. The minimum atomic E-state index is -1.52. The Morgan fingerprint density at radius 2 is 1.96 bits per heavy atom. The Labute approximate surface area is 162 Å². The van der Waals surface area contributed by atoms with Crippen LogP contribution in [0, 0.1) is 5.92 Å². The largest absolute Gasteiger partial charge is 0.452 e. The molecule has 8 heteroatoms. The molecule has 3 N–H and O–H groups in total. The lowest BCUT2D eigenvalue weighted by molar-refractivity contribution is -0.154. The number of hydrogen-bond acceptors (Lipinski definition) is 8. The Morgan fingerprint density at radius 3 is 2.54 bits per heavy atom. The van der Waals surface area contributed by atoms with Crippen LogP contribution in [0.15, 0.2) is 22.8 Å². The average molecular weight is 394 g/mol. The topological polar surface area (TPSA) is 126 Å². The van der Waals surface area contributed by atoms with E-state index in [0.717, 1.165) is 0 Å². The summed E-state index contributed by atoms with van der Waals surface area (Å²) in [5.74, 6) is -2.04. The van der Waals surface area contributed by atoms with Gasteiger partial charge in [-0.25, -0.2) is 9.59 Å². The first-order valence-corrected chi connectivity index (χ1v) is 9.46. The van der Waals surface area contributed by atoms with Crippen molar-refractivity contribution in [3.05, 3.63) is 22.8 Å². The van der Waals surface area contributed by atoms with Crippen LogP contribution in [0.4, 0.5) is 0 Å². The van der Waals surface area contributed by atoms with Gasteiger partial charge in [-0.1, -0.05) is 6.08 Å². The normalized spacial score (nSPS) is 49.8. The molecule has 2 heterocycles. The van der Waals surface area contributed by atoms with Gasteiger partial charge in [0.2, 0.25) is 0 Å². The van der Waals surface area contributed by atoms with Crippen molar-refractivity contribution in [1.82, 2.24) is 0 Å². The molecular weight excluding hydrogens is 368 g/mol. The van der Waals surface area contributed by atoms with Crippen molar-refractivity contribution in [2.75, 3.05) is 0 Å². The van der Waals surface area contributed by atoms with Crippen LogP contribution in [-0.2, 0) is 23.8 Å². The van der Waals surface area contributed by atoms with E-state index in [-0.39, 0.29) is 6.42 Å². The number of aliphatic hydroxyl groups is 3. The molecule has 8 nitrogen and oxygen atoms in total. The van der Waals surface area contributed by atoms with Gasteiger partial charge in [0, 0.05) is 17.9 Å². The highest BCUT2D eigenvalue weighted by Crippen LogP contribution is 2.65. The van der Waals surface area contributed by atoms with E-state index in [1.54, 1.807) is 33.8 Å². The maximum Gasteiger partial charge on any atom is 0.342 e. The molecule has 0 aromatic rings. The lowest BCUT2D eigenvalue weighted by atomic mass is 9.80. The van der Waals surface area contributed by atoms with Gasteiger partial charge in [0.15, 0.2) is 17.3 Å². The van der Waals surface area contributed by atoms with Gasteiger partial charge < -0.3 is 29.5 Å². The van der Waals surface area contributed by atoms with Crippen molar-refractivity contribution >= 4 is 11.9 Å². The van der Waals surface area contributed by atoms with Crippen molar-refractivity contribution in [1.29, 1.82) is 0 Å². The van der Waals surface area contributed by atoms with Crippen LogP contribution < -0.4 is 0 Å². The number of epoxide rings is 1. The summed E-state index contributed by atoms with van der Waals surface area (Å²) in [4.78, 5) is 24.7. The van der Waals surface area contributed by atoms with Crippen LogP contribution in [-0.4, -0.2) is 68.5 Å². The number of allylic oxidation sites excluding steroid dienone is 1. The molecule has 0 amide bonds. The molecule has 3 fully saturated rings. The number of carbonyl (C=O) groups is 2. The number of ether oxygens (including phenoxy) is 3. The van der Waals surface area contributed by atoms with Crippen LogP contribution >= 0.6 is 0 Å². The van der Waals surface area contributed by atoms with Gasteiger partial charge in [0.1, 0.15) is 12.2 Å². The van der Waals surface area contributed by atoms with Gasteiger partial charge in [0.25, 0.3) is 0 Å². The maximum atomic E-state index is 12.4. The lowest BCUT2D eigenvalue weighted by Crippen LogP contribution is -2.46. The van der Waals surface area contributed by atoms with E-state index in [4.69, 9.17) is 14.2 Å². The fraction of sp³-hybridized carbons (Fsp3) is 0.700. The van der Waals surface area contributed by atoms with Crippen LogP contribution in [0.2, 0.25) is 0 Å². The minimum Gasteiger partial charge on any atom is -0.452 e. The fourth-order valence-electron chi connectivity index (χ4n) is 5.23. The molecule has 1 saturated carbocycles. The summed E-state index contributed by atoms with van der Waals surface area (Å²) in [5, 5.41) is 32.9. The smallest absolute Gasteiger partial charge is 0.342 e. The fourth-order valence-corrected chi connectivity index (χ4v) is 5.23. The molecule has 0 radical (unpaired) electrons. The summed E-state index contributed by atoms with van der Waals surface area (Å²) in [6.07, 6.45) is -2.87. The first-order valence-electron chi connectivity index (χ1n) is 9.46. The second-order valence-electron chi connectivity index (χ2n) is 8.70. The van der Waals surface area contributed by atoms with Crippen molar-refractivity contribution in [3.63, 3.8) is 0 Å². The summed E-state index contributed by atoms with van der Waals surface area (Å²) in [7, 11) is 0. The third kappa shape index (κ3) is 2.14. The van der Waals surface area contributed by atoms with Crippen LogP contribution in [0.1, 0.15) is 41.0 Å². The van der Waals surface area contributed by atoms with Gasteiger partial charge in [-0.3, -0.25) is 0 Å². The molecule has 0 aromatic heterocycles. The van der Waals surface area contributed by atoms with Crippen molar-refractivity contribution < 1.29 is 39.1 Å². The van der Waals surface area contributed by atoms with Crippen LogP contribution in [0.5, 0.6) is 0 Å². The first kappa shape index (κ1) is 19.6. The third-order valence-corrected chi connectivity index (χ3v) is 6.99. The zero-order chi connectivity index (χ0) is 20.8. The zero-order valence-corrected chi connectivity index (χ0v) is 16.6. The Kier molecular flexibility index (Phi) is 3.95. The summed E-state index contributed by atoms with van der Waals surface area (Å²) < 4.78 is 16.8. The number of fused-ring (bicyclic) bond motifs is 2. The number of hydrogen-bond donors (Lipinski definition) is 3. The molecule has 2 saturated heterocycles. The summed E-state index contributed by atoms with van der Waals surface area (Å²) in [6.45, 7) is 8.05. The molecule has 0 unspecified atom stereocenters. The lowest BCUT2D eigenvalue weighted by Gasteiger charge is -2.34. The summed E-state index contributed by atoms with van der Waals surface area (Å²) >= 11 is 0. The van der Waals surface area contributed by atoms with E-state index in [1.807, 2.05) is 0 Å². The number of esters is 2. The van der Waals surface area contributed by atoms with E-state index in [0.29, 0.717) is 16.7 Å². The average Bonchev–Trinajstić information content (AvgIpc) is 3.13. The number of rotatable bonds is 2. The molecule has 4 aliphatic rings. The zero-order valence-electron chi connectivity index (χ0n) is 16.6. The molecule has 2 aliphatic heterocycles. The second-order valence-corrected chi connectivity index (χ2v) is 8.70. The molecule has 0 bridgehead atoms. The van der Waals surface area contributed by atoms with Crippen LogP contribution in [0.25, 0.3) is 0 Å². The van der Waals surface area contributed by atoms with Crippen molar-refractivity contribution in [2.45, 2.75) is 82.3 Å². The standard InChI is InChI=1S/C20H26O8/c1-6-8(2)16(23)26-14-9(3)11-12(13(14)22)18(4,25)7-10(21)20-15(11)27-17(24)19(20,5)28-20/h6,10,12-15,21-22,25H,7H2,1-5H3/b8-6-/t10-,12+,13-,14-,15-,18-,19-,20+/m1/s1. The predicted molar refractivity (Wildman–Crippen MR) is 94.9 cm³/mol. The van der Waals surface area contributed by atoms with Crippen molar-refractivity contribution in [2.24, 2.45) is 5.92 Å². The van der Waals surface area contributed by atoms with E-state index < -0.39 is 59.1 Å². The SMILES string of the molecule is C/C=C(/C)C(=O)O[C@@H]1C(C)=C2[C@H]3OC(=O)[C@@]4(C)O[C@@]34[C@H](O)C[C@@](C)(O)[C@@H]2[C@H]1O. The van der Waals surface area contributed by atoms with E-state index >= 15 is 0 Å². The second kappa shape index (κ2) is 5.66. The molecule has 154 valence electrons. The quantitative estimate of drug-likeness (QED) is 0.261. The molecule has 28 heavy (non-hydrogen) atoms. The van der Waals surface area contributed by atoms with Gasteiger partial charge in [-0.2, -0.15) is 0 Å². The predicted octanol–water partition coefficient (Wildman–Crippen LogP) is 0.140. The van der Waals surface area contributed by atoms with E-state index in [1.165, 1.54) is 6.92 Å². The van der Waals surface area contributed by atoms with E-state index in [2.05, 4.69) is 0 Å². The van der Waals surface area contributed by atoms with Gasteiger partial charge in [0.05, 0.1) is 11.7 Å². The van der Waals surface area contributed by atoms with Gasteiger partial charge >= 0.3 is 11.9 Å². The highest BCUT2D eigenvalue weighted by atomic mass is 16.7. The number of carbonyl (C=O) groups excluding carboxylic acids is 2. The molecule has 2 aliphatic carbocycles. The van der Waals surface area contributed by atoms with Crippen LogP contribution in [0.3, 0.4) is 0 Å².